The SMILES string of the molecule is CCOc1ccc(C(=O)NCC(Br)C(=O)OC)cc1. The lowest BCUT2D eigenvalue weighted by Gasteiger charge is -2.09. The number of esters is 1. The zero-order valence-corrected chi connectivity index (χ0v) is 12.4. The van der Waals surface area contributed by atoms with Crippen LogP contribution in [0.25, 0.3) is 0 Å². The summed E-state index contributed by atoms with van der Waals surface area (Å²) in [6.07, 6.45) is 0. The van der Waals surface area contributed by atoms with E-state index in [1.807, 2.05) is 6.92 Å². The van der Waals surface area contributed by atoms with Crippen LogP contribution in [-0.4, -0.2) is 37.0 Å². The minimum atomic E-state index is -0.552. The summed E-state index contributed by atoms with van der Waals surface area (Å²) >= 11 is 3.13. The molecule has 6 heteroatoms. The molecule has 1 N–H and O–H groups in total. The van der Waals surface area contributed by atoms with Crippen molar-refractivity contribution in [2.24, 2.45) is 0 Å². The number of carbonyl (C=O) groups excluding carboxylic acids is 2. The molecule has 1 aromatic carbocycles. The quantitative estimate of drug-likeness (QED) is 0.638. The molecule has 0 bridgehead atoms. The number of alkyl halides is 1. The molecule has 1 atom stereocenters. The highest BCUT2D eigenvalue weighted by Crippen LogP contribution is 2.12. The summed E-state index contributed by atoms with van der Waals surface area (Å²) in [6, 6.07) is 6.79. The molecule has 5 nitrogen and oxygen atoms in total. The summed E-state index contributed by atoms with van der Waals surface area (Å²) in [7, 11) is 1.30. The number of hydrogen-bond donors (Lipinski definition) is 1. The zero-order valence-electron chi connectivity index (χ0n) is 10.8. The van der Waals surface area contributed by atoms with E-state index in [-0.39, 0.29) is 12.5 Å². The number of benzene rings is 1. The maximum absolute atomic E-state index is 11.8. The van der Waals surface area contributed by atoms with Crippen molar-refractivity contribution in [2.45, 2.75) is 11.8 Å². The molecule has 104 valence electrons. The molecule has 0 aromatic heterocycles. The summed E-state index contributed by atoms with van der Waals surface area (Å²) < 4.78 is 9.82. The average molecular weight is 330 g/mol. The van der Waals surface area contributed by atoms with Gasteiger partial charge in [-0.25, -0.2) is 0 Å². The van der Waals surface area contributed by atoms with Crippen LogP contribution in [0.3, 0.4) is 0 Å². The molecule has 0 radical (unpaired) electrons. The Morgan fingerprint density at radius 3 is 2.47 bits per heavy atom. The van der Waals surface area contributed by atoms with Gasteiger partial charge in [-0.05, 0) is 31.2 Å². The molecule has 0 saturated heterocycles. The molecule has 1 unspecified atom stereocenters. The number of methoxy groups -OCH3 is 1. The van der Waals surface area contributed by atoms with Gasteiger partial charge in [-0.2, -0.15) is 0 Å². The molecule has 0 heterocycles. The van der Waals surface area contributed by atoms with E-state index in [1.54, 1.807) is 24.3 Å². The lowest BCUT2D eigenvalue weighted by atomic mass is 10.2. The largest absolute Gasteiger partial charge is 0.494 e. The molecule has 0 fully saturated rings. The number of carbonyl (C=O) groups is 2. The van der Waals surface area contributed by atoms with Gasteiger partial charge in [0.15, 0.2) is 0 Å². The predicted octanol–water partition coefficient (Wildman–Crippen LogP) is 1.75. The molecule has 0 spiro atoms. The first kappa shape index (κ1) is 15.5. The van der Waals surface area contributed by atoms with E-state index in [1.165, 1.54) is 7.11 Å². The summed E-state index contributed by atoms with van der Waals surface area (Å²) in [5, 5.41) is 2.64. The van der Waals surface area contributed by atoms with Crippen LogP contribution in [0.15, 0.2) is 24.3 Å². The van der Waals surface area contributed by atoms with Crippen molar-refractivity contribution in [2.75, 3.05) is 20.3 Å². The van der Waals surface area contributed by atoms with Gasteiger partial charge in [-0.1, -0.05) is 15.9 Å². The van der Waals surface area contributed by atoms with Gasteiger partial charge in [-0.3, -0.25) is 9.59 Å². The Hall–Kier alpha value is -1.56. The van der Waals surface area contributed by atoms with Gasteiger partial charge in [0.05, 0.1) is 13.7 Å². The van der Waals surface area contributed by atoms with Crippen LogP contribution in [0.1, 0.15) is 17.3 Å². The van der Waals surface area contributed by atoms with Crippen molar-refractivity contribution in [1.29, 1.82) is 0 Å². The minimum absolute atomic E-state index is 0.165. The fourth-order valence-corrected chi connectivity index (χ4v) is 1.71. The first-order valence-corrected chi connectivity index (χ1v) is 6.73. The third kappa shape index (κ3) is 4.90. The zero-order chi connectivity index (χ0) is 14.3. The molecule has 1 amide bonds. The number of halogens is 1. The van der Waals surface area contributed by atoms with Gasteiger partial charge < -0.3 is 14.8 Å². The van der Waals surface area contributed by atoms with E-state index in [2.05, 4.69) is 26.0 Å². The Morgan fingerprint density at radius 2 is 1.95 bits per heavy atom. The maximum Gasteiger partial charge on any atom is 0.321 e. The fraction of sp³-hybridized carbons (Fsp3) is 0.385. The summed E-state index contributed by atoms with van der Waals surface area (Å²) in [5.74, 6) is 0.0374. The number of hydrogen-bond acceptors (Lipinski definition) is 4. The Kier molecular flexibility index (Phi) is 6.35. The van der Waals surface area contributed by atoms with Gasteiger partial charge >= 0.3 is 5.97 Å². The second-order valence-corrected chi connectivity index (χ2v) is 4.76. The normalized spacial score (nSPS) is 11.5. The van der Waals surface area contributed by atoms with Crippen LogP contribution in [0.2, 0.25) is 0 Å². The molecule has 1 aromatic rings. The molecule has 19 heavy (non-hydrogen) atoms. The van der Waals surface area contributed by atoms with E-state index >= 15 is 0 Å². The Labute approximate surface area is 120 Å². The second-order valence-electron chi connectivity index (χ2n) is 3.66. The van der Waals surface area contributed by atoms with Crippen LogP contribution >= 0.6 is 15.9 Å². The lowest BCUT2D eigenvalue weighted by molar-refractivity contribution is -0.139. The number of ether oxygens (including phenoxy) is 2. The summed E-state index contributed by atoms with van der Waals surface area (Å²) in [6.45, 7) is 2.64. The van der Waals surface area contributed by atoms with Crippen LogP contribution in [0.4, 0.5) is 0 Å². The van der Waals surface area contributed by atoms with E-state index in [0.29, 0.717) is 17.9 Å². The molecular weight excluding hydrogens is 314 g/mol. The van der Waals surface area contributed by atoms with E-state index in [0.717, 1.165) is 0 Å². The van der Waals surface area contributed by atoms with Crippen molar-refractivity contribution in [1.82, 2.24) is 5.32 Å². The molecule has 0 aliphatic heterocycles. The third-order valence-electron chi connectivity index (χ3n) is 2.33. The standard InChI is InChI=1S/C13H16BrNO4/c1-3-19-10-6-4-9(5-7-10)12(16)15-8-11(14)13(17)18-2/h4-7,11H,3,8H2,1-2H3,(H,15,16). The first-order valence-electron chi connectivity index (χ1n) is 5.81. The first-order chi connectivity index (χ1) is 9.08. The summed E-state index contributed by atoms with van der Waals surface area (Å²) in [4.78, 5) is 22.4. The highest BCUT2D eigenvalue weighted by molar-refractivity contribution is 9.10. The predicted molar refractivity (Wildman–Crippen MR) is 74.7 cm³/mol. The summed E-state index contributed by atoms with van der Waals surface area (Å²) in [5.41, 5.74) is 0.507. The van der Waals surface area contributed by atoms with Crippen molar-refractivity contribution >= 4 is 27.8 Å². The highest BCUT2D eigenvalue weighted by atomic mass is 79.9. The van der Waals surface area contributed by atoms with E-state index in [9.17, 15) is 9.59 Å². The second kappa shape index (κ2) is 7.78. The van der Waals surface area contributed by atoms with Crippen LogP contribution < -0.4 is 10.1 Å². The minimum Gasteiger partial charge on any atom is -0.494 e. The van der Waals surface area contributed by atoms with Gasteiger partial charge in [-0.15, -0.1) is 0 Å². The highest BCUT2D eigenvalue weighted by Gasteiger charge is 2.16. The smallest absolute Gasteiger partial charge is 0.321 e. The molecule has 1 rings (SSSR count). The van der Waals surface area contributed by atoms with E-state index in [4.69, 9.17) is 4.74 Å². The molecule has 0 aliphatic carbocycles. The number of nitrogens with one attached hydrogen (secondary N) is 1. The fourth-order valence-electron chi connectivity index (χ4n) is 1.36. The van der Waals surface area contributed by atoms with Crippen molar-refractivity contribution in [3.05, 3.63) is 29.8 Å². The number of rotatable bonds is 6. The Balaban J connectivity index is 2.51. The molecule has 0 saturated carbocycles. The van der Waals surface area contributed by atoms with Gasteiger partial charge in [0.25, 0.3) is 5.91 Å². The van der Waals surface area contributed by atoms with Gasteiger partial charge in [0.1, 0.15) is 10.6 Å². The third-order valence-corrected chi connectivity index (χ3v) is 3.02. The topological polar surface area (TPSA) is 64.6 Å². The van der Waals surface area contributed by atoms with E-state index < -0.39 is 10.8 Å². The maximum atomic E-state index is 11.8. The van der Waals surface area contributed by atoms with Crippen molar-refractivity contribution in [3.8, 4) is 5.75 Å². The van der Waals surface area contributed by atoms with Gasteiger partial charge in [0, 0.05) is 12.1 Å². The lowest BCUT2D eigenvalue weighted by Crippen LogP contribution is -2.33. The monoisotopic (exact) mass is 329 g/mol. The molecular formula is C13H16BrNO4. The van der Waals surface area contributed by atoms with Crippen molar-refractivity contribution in [3.63, 3.8) is 0 Å². The van der Waals surface area contributed by atoms with Crippen LogP contribution in [0, 0.1) is 0 Å². The van der Waals surface area contributed by atoms with Gasteiger partial charge in [0.2, 0.25) is 0 Å². The molecule has 0 aliphatic rings. The average Bonchev–Trinajstić information content (AvgIpc) is 2.44. The Morgan fingerprint density at radius 1 is 1.32 bits per heavy atom. The van der Waals surface area contributed by atoms with Crippen molar-refractivity contribution < 1.29 is 19.1 Å². The Bertz CT molecular complexity index is 433. The van der Waals surface area contributed by atoms with Crippen LogP contribution in [0.5, 0.6) is 5.75 Å². The number of amides is 1. The van der Waals surface area contributed by atoms with Crippen LogP contribution in [-0.2, 0) is 9.53 Å².